The Kier molecular flexibility index (Phi) is 8.30. The lowest BCUT2D eigenvalue weighted by Gasteiger charge is -2.12. The molecular formula is C20H22ClN3O6. The van der Waals surface area contributed by atoms with E-state index in [-0.39, 0.29) is 23.1 Å². The quantitative estimate of drug-likeness (QED) is 0.436. The molecule has 30 heavy (non-hydrogen) atoms. The fourth-order valence-electron chi connectivity index (χ4n) is 2.41. The molecule has 2 amide bonds. The fraction of sp³-hybridized carbons (Fsp3) is 0.250. The maximum Gasteiger partial charge on any atom is 0.271 e. The summed E-state index contributed by atoms with van der Waals surface area (Å²) in [6, 6.07) is 7.92. The van der Waals surface area contributed by atoms with Crippen molar-refractivity contribution in [1.82, 2.24) is 5.43 Å². The van der Waals surface area contributed by atoms with Crippen molar-refractivity contribution in [3.8, 4) is 23.0 Å². The summed E-state index contributed by atoms with van der Waals surface area (Å²) in [4.78, 5) is 23.3. The number of hydrogen-bond acceptors (Lipinski definition) is 7. The summed E-state index contributed by atoms with van der Waals surface area (Å²) in [5.74, 6) is 0.368. The van der Waals surface area contributed by atoms with Gasteiger partial charge in [0.1, 0.15) is 0 Å². The van der Waals surface area contributed by atoms with Crippen LogP contribution in [0.4, 0.5) is 0 Å². The van der Waals surface area contributed by atoms with Gasteiger partial charge >= 0.3 is 0 Å². The third kappa shape index (κ3) is 6.02. The lowest BCUT2D eigenvalue weighted by molar-refractivity contribution is -0.119. The van der Waals surface area contributed by atoms with Gasteiger partial charge in [-0.05, 0) is 42.8 Å². The van der Waals surface area contributed by atoms with Crippen molar-refractivity contribution in [2.24, 2.45) is 10.8 Å². The maximum atomic E-state index is 12.3. The van der Waals surface area contributed by atoms with Gasteiger partial charge in [0.05, 0.1) is 32.1 Å². The molecule has 0 spiro atoms. The standard InChI is InChI=1S/C20H22ClN3O6/c1-4-29-16-9-13(5-6-15(16)27-2)20(26)24-23-10-12-7-14(21)19(17(8-12)28-3)30-11-18(22)25/h5-10H,4,11H2,1-3H3,(H2,22,25)(H,24,26)/b23-10+. The summed E-state index contributed by atoms with van der Waals surface area (Å²) >= 11 is 6.18. The molecule has 2 aromatic carbocycles. The molecular weight excluding hydrogens is 414 g/mol. The number of nitrogens with zero attached hydrogens (tertiary/aromatic N) is 1. The minimum absolute atomic E-state index is 0.181. The first kappa shape index (κ1) is 22.8. The fourth-order valence-corrected chi connectivity index (χ4v) is 2.69. The number of benzene rings is 2. The van der Waals surface area contributed by atoms with Gasteiger partial charge in [0.2, 0.25) is 0 Å². The minimum atomic E-state index is -0.646. The molecule has 0 aliphatic heterocycles. The molecule has 0 heterocycles. The number of carbonyl (C=O) groups excluding carboxylic acids is 2. The van der Waals surface area contributed by atoms with Crippen LogP contribution in [0.1, 0.15) is 22.8 Å². The molecule has 0 fully saturated rings. The van der Waals surface area contributed by atoms with Gasteiger partial charge in [0.25, 0.3) is 11.8 Å². The molecule has 3 N–H and O–H groups in total. The Balaban J connectivity index is 2.12. The van der Waals surface area contributed by atoms with Crippen LogP contribution in [0.5, 0.6) is 23.0 Å². The highest BCUT2D eigenvalue weighted by atomic mass is 35.5. The van der Waals surface area contributed by atoms with Gasteiger partial charge < -0.3 is 24.7 Å². The Bertz CT molecular complexity index is 948. The zero-order valence-electron chi connectivity index (χ0n) is 16.7. The molecule has 160 valence electrons. The maximum absolute atomic E-state index is 12.3. The molecule has 0 atom stereocenters. The molecule has 0 unspecified atom stereocenters. The lowest BCUT2D eigenvalue weighted by Crippen LogP contribution is -2.20. The van der Waals surface area contributed by atoms with Gasteiger partial charge in [0, 0.05) is 5.56 Å². The van der Waals surface area contributed by atoms with Gasteiger partial charge in [-0.1, -0.05) is 11.6 Å². The van der Waals surface area contributed by atoms with Crippen LogP contribution in [0.15, 0.2) is 35.4 Å². The Hall–Kier alpha value is -3.46. The van der Waals surface area contributed by atoms with E-state index < -0.39 is 11.8 Å². The van der Waals surface area contributed by atoms with Crippen LogP contribution >= 0.6 is 11.6 Å². The Morgan fingerprint density at radius 2 is 1.83 bits per heavy atom. The van der Waals surface area contributed by atoms with E-state index in [4.69, 9.17) is 36.3 Å². The van der Waals surface area contributed by atoms with Crippen LogP contribution in [0, 0.1) is 0 Å². The van der Waals surface area contributed by atoms with E-state index >= 15 is 0 Å². The third-order valence-electron chi connectivity index (χ3n) is 3.72. The number of ether oxygens (including phenoxy) is 4. The molecule has 9 nitrogen and oxygen atoms in total. The van der Waals surface area contributed by atoms with Crippen molar-refractivity contribution < 1.29 is 28.5 Å². The number of carbonyl (C=O) groups is 2. The predicted octanol–water partition coefficient (Wildman–Crippen LogP) is 2.38. The average molecular weight is 436 g/mol. The van der Waals surface area contributed by atoms with Gasteiger partial charge in [-0.25, -0.2) is 5.43 Å². The van der Waals surface area contributed by atoms with Crippen molar-refractivity contribution in [3.63, 3.8) is 0 Å². The van der Waals surface area contributed by atoms with Crippen molar-refractivity contribution in [2.45, 2.75) is 6.92 Å². The number of methoxy groups -OCH3 is 2. The number of halogens is 1. The van der Waals surface area contributed by atoms with E-state index in [0.29, 0.717) is 29.2 Å². The number of hydrazone groups is 1. The number of hydrogen-bond donors (Lipinski definition) is 2. The second-order valence-electron chi connectivity index (χ2n) is 5.79. The first-order valence-corrected chi connectivity index (χ1v) is 9.20. The van der Waals surface area contributed by atoms with Crippen molar-refractivity contribution in [2.75, 3.05) is 27.4 Å². The zero-order chi connectivity index (χ0) is 22.1. The van der Waals surface area contributed by atoms with Gasteiger partial charge in [-0.2, -0.15) is 5.10 Å². The van der Waals surface area contributed by atoms with Crippen molar-refractivity contribution in [3.05, 3.63) is 46.5 Å². The van der Waals surface area contributed by atoms with Crippen LogP contribution in [-0.2, 0) is 4.79 Å². The normalized spacial score (nSPS) is 10.5. The summed E-state index contributed by atoms with van der Waals surface area (Å²) in [5.41, 5.74) is 8.38. The average Bonchev–Trinajstić information content (AvgIpc) is 2.72. The summed E-state index contributed by atoms with van der Waals surface area (Å²) in [6.45, 7) is 1.92. The van der Waals surface area contributed by atoms with E-state index in [1.54, 1.807) is 24.3 Å². The predicted molar refractivity (Wildman–Crippen MR) is 112 cm³/mol. The molecule has 2 rings (SSSR count). The highest BCUT2D eigenvalue weighted by Crippen LogP contribution is 2.36. The zero-order valence-corrected chi connectivity index (χ0v) is 17.5. The van der Waals surface area contributed by atoms with Crippen molar-refractivity contribution >= 4 is 29.6 Å². The number of rotatable bonds is 10. The van der Waals surface area contributed by atoms with E-state index in [1.807, 2.05) is 6.92 Å². The number of nitrogens with one attached hydrogen (secondary N) is 1. The minimum Gasteiger partial charge on any atom is -0.493 e. The Morgan fingerprint density at radius 3 is 2.47 bits per heavy atom. The number of nitrogens with two attached hydrogens (primary N) is 1. The van der Waals surface area contributed by atoms with Crippen LogP contribution in [0.2, 0.25) is 5.02 Å². The number of primary amides is 1. The Morgan fingerprint density at radius 1 is 1.10 bits per heavy atom. The van der Waals surface area contributed by atoms with E-state index in [1.165, 1.54) is 26.5 Å². The molecule has 2 aromatic rings. The molecule has 0 saturated heterocycles. The SMILES string of the molecule is CCOc1cc(C(=O)N/N=C/c2cc(Cl)c(OCC(N)=O)c(OC)c2)ccc1OC. The molecule has 0 radical (unpaired) electrons. The Labute approximate surface area is 178 Å². The third-order valence-corrected chi connectivity index (χ3v) is 4.00. The molecule has 0 saturated carbocycles. The van der Waals surface area contributed by atoms with Crippen molar-refractivity contribution in [1.29, 1.82) is 0 Å². The second-order valence-corrected chi connectivity index (χ2v) is 6.19. The van der Waals surface area contributed by atoms with Gasteiger partial charge in [-0.15, -0.1) is 0 Å². The van der Waals surface area contributed by atoms with Crippen LogP contribution in [0.3, 0.4) is 0 Å². The largest absolute Gasteiger partial charge is 0.493 e. The van der Waals surface area contributed by atoms with E-state index in [2.05, 4.69) is 10.5 Å². The molecule has 0 aromatic heterocycles. The molecule has 0 bridgehead atoms. The van der Waals surface area contributed by atoms with Crippen LogP contribution < -0.4 is 30.1 Å². The van der Waals surface area contributed by atoms with E-state index in [9.17, 15) is 9.59 Å². The van der Waals surface area contributed by atoms with Crippen LogP contribution in [-0.4, -0.2) is 45.5 Å². The monoisotopic (exact) mass is 435 g/mol. The molecule has 10 heteroatoms. The molecule has 0 aliphatic carbocycles. The summed E-state index contributed by atoms with van der Waals surface area (Å²) in [6.07, 6.45) is 1.39. The summed E-state index contributed by atoms with van der Waals surface area (Å²) < 4.78 is 21.1. The topological polar surface area (TPSA) is 121 Å². The van der Waals surface area contributed by atoms with Gasteiger partial charge in [-0.3, -0.25) is 9.59 Å². The summed E-state index contributed by atoms with van der Waals surface area (Å²) in [7, 11) is 2.94. The smallest absolute Gasteiger partial charge is 0.271 e. The first-order valence-electron chi connectivity index (χ1n) is 8.82. The van der Waals surface area contributed by atoms with Gasteiger partial charge in [0.15, 0.2) is 29.6 Å². The lowest BCUT2D eigenvalue weighted by atomic mass is 10.2. The van der Waals surface area contributed by atoms with Crippen LogP contribution in [0.25, 0.3) is 0 Å². The first-order chi connectivity index (χ1) is 14.4. The summed E-state index contributed by atoms with van der Waals surface area (Å²) in [5, 5.41) is 4.13. The second kappa shape index (κ2) is 10.9. The van der Waals surface area contributed by atoms with E-state index in [0.717, 1.165) is 0 Å². The molecule has 0 aliphatic rings. The highest BCUT2D eigenvalue weighted by Gasteiger charge is 2.13. The number of amides is 2. The highest BCUT2D eigenvalue weighted by molar-refractivity contribution is 6.32.